The summed E-state index contributed by atoms with van der Waals surface area (Å²) in [6.45, 7) is 0. The Balaban J connectivity index is 1.15. The lowest BCUT2D eigenvalue weighted by Crippen LogP contribution is -2.00. The summed E-state index contributed by atoms with van der Waals surface area (Å²) in [6.07, 6.45) is 0. The Morgan fingerprint density at radius 2 is 0.887 bits per heavy atom. The first-order chi connectivity index (χ1) is 26.2. The van der Waals surface area contributed by atoms with Crippen LogP contribution < -0.4 is 0 Å². The Kier molecular flexibility index (Phi) is 6.52. The van der Waals surface area contributed by atoms with Crippen molar-refractivity contribution in [3.05, 3.63) is 176 Å². The molecule has 0 unspecified atom stereocenters. The topological polar surface area (TPSA) is 51.8 Å². The molecule has 4 nitrogen and oxygen atoms in total. The molecule has 0 atom stereocenters. The Hall–Kier alpha value is -7.17. The molecule has 4 heteroatoms. The van der Waals surface area contributed by atoms with Crippen molar-refractivity contribution >= 4 is 32.7 Å². The van der Waals surface area contributed by atoms with Gasteiger partial charge in [0.2, 0.25) is 0 Å². The molecule has 1 aliphatic carbocycles. The van der Waals surface area contributed by atoms with Crippen LogP contribution in [0.5, 0.6) is 0 Å². The van der Waals surface area contributed by atoms with E-state index in [2.05, 4.69) is 152 Å². The molecular weight excluding hydrogens is 647 g/mol. The summed E-state index contributed by atoms with van der Waals surface area (Å²) in [5, 5.41) is 4.64. The van der Waals surface area contributed by atoms with Crippen molar-refractivity contribution in [1.82, 2.24) is 15.0 Å². The zero-order chi connectivity index (χ0) is 34.9. The molecule has 246 valence electrons. The maximum atomic E-state index is 6.37. The first-order valence-electron chi connectivity index (χ1n) is 17.9. The van der Waals surface area contributed by atoms with Gasteiger partial charge in [0.15, 0.2) is 17.5 Å². The summed E-state index contributed by atoms with van der Waals surface area (Å²) in [6, 6.07) is 61.4. The number of hydrogen-bond donors (Lipinski definition) is 0. The van der Waals surface area contributed by atoms with Crippen molar-refractivity contribution in [2.45, 2.75) is 0 Å². The van der Waals surface area contributed by atoms with Crippen LogP contribution in [0, 0.1) is 0 Å². The van der Waals surface area contributed by atoms with Crippen molar-refractivity contribution in [2.24, 2.45) is 0 Å². The van der Waals surface area contributed by atoms with Gasteiger partial charge < -0.3 is 4.42 Å². The maximum absolute atomic E-state index is 6.37. The summed E-state index contributed by atoms with van der Waals surface area (Å²) in [5.41, 5.74) is 13.9. The Bertz CT molecular complexity index is 2950. The van der Waals surface area contributed by atoms with Crippen molar-refractivity contribution in [3.63, 3.8) is 0 Å². The van der Waals surface area contributed by atoms with Gasteiger partial charge in [-0.25, -0.2) is 15.0 Å². The van der Waals surface area contributed by atoms with Gasteiger partial charge in [0.05, 0.1) is 0 Å². The summed E-state index contributed by atoms with van der Waals surface area (Å²) in [4.78, 5) is 15.6. The van der Waals surface area contributed by atoms with E-state index < -0.39 is 0 Å². The van der Waals surface area contributed by atoms with Gasteiger partial charge in [-0.15, -0.1) is 0 Å². The molecule has 1 aliphatic rings. The minimum absolute atomic E-state index is 0.626. The molecule has 11 rings (SSSR count). The highest BCUT2D eigenvalue weighted by molar-refractivity contribution is 6.25. The maximum Gasteiger partial charge on any atom is 0.164 e. The van der Waals surface area contributed by atoms with Crippen LogP contribution in [0.25, 0.3) is 111 Å². The third kappa shape index (κ3) is 4.80. The summed E-state index contributed by atoms with van der Waals surface area (Å²) in [7, 11) is 0. The second-order valence-corrected chi connectivity index (χ2v) is 13.6. The minimum Gasteiger partial charge on any atom is -0.456 e. The van der Waals surface area contributed by atoms with Crippen LogP contribution >= 0.6 is 0 Å². The Morgan fingerprint density at radius 1 is 0.321 bits per heavy atom. The number of aromatic nitrogens is 3. The SMILES string of the molecule is c1ccc(-c2cccc(-c3nc(-c4cccc(-c5ccccc5)c4)nc(-c4cc5c6c(cccc6c4)-c4ccc6oc7ccccc7c6c4-5)n3)c2)cc1. The number of benzene rings is 8. The highest BCUT2D eigenvalue weighted by atomic mass is 16.3. The highest BCUT2D eigenvalue weighted by Crippen LogP contribution is 2.53. The molecule has 0 radical (unpaired) electrons. The van der Waals surface area contributed by atoms with Crippen LogP contribution in [0.4, 0.5) is 0 Å². The number of fused-ring (bicyclic) bond motifs is 7. The standard InChI is InChI=1S/C49H29N3O/c1-3-12-30(13-4-1)32-16-9-19-35(26-32)47-50-48(36-20-10-17-33(27-36)31-14-5-2-6-15-31)52-49(51-47)37-28-34-18-11-22-38-39-24-25-43-46(45(39)41(29-37)44(34)38)40-21-7-8-23-42(40)53-43/h1-29H. The van der Waals surface area contributed by atoms with Gasteiger partial charge in [0.25, 0.3) is 0 Å². The van der Waals surface area contributed by atoms with Crippen LogP contribution in [-0.2, 0) is 0 Å². The molecule has 8 aromatic carbocycles. The molecule has 0 amide bonds. The predicted molar refractivity (Wildman–Crippen MR) is 216 cm³/mol. The van der Waals surface area contributed by atoms with Crippen LogP contribution in [0.1, 0.15) is 0 Å². The number of para-hydroxylation sites is 1. The molecule has 0 bridgehead atoms. The van der Waals surface area contributed by atoms with Gasteiger partial charge in [-0.1, -0.05) is 133 Å². The fraction of sp³-hybridized carbons (Fsp3) is 0. The third-order valence-corrected chi connectivity index (χ3v) is 10.4. The third-order valence-electron chi connectivity index (χ3n) is 10.4. The Labute approximate surface area is 305 Å². The molecule has 0 aliphatic heterocycles. The predicted octanol–water partition coefficient (Wildman–Crippen LogP) is 12.9. The van der Waals surface area contributed by atoms with Crippen LogP contribution in [0.15, 0.2) is 180 Å². The van der Waals surface area contributed by atoms with E-state index in [9.17, 15) is 0 Å². The lowest BCUT2D eigenvalue weighted by molar-refractivity contribution is 0.669. The summed E-state index contributed by atoms with van der Waals surface area (Å²) in [5.74, 6) is 1.88. The van der Waals surface area contributed by atoms with E-state index in [0.29, 0.717) is 17.5 Å². The fourth-order valence-corrected chi connectivity index (χ4v) is 8.00. The van der Waals surface area contributed by atoms with Crippen molar-refractivity contribution in [3.8, 4) is 78.7 Å². The van der Waals surface area contributed by atoms with Crippen LogP contribution in [-0.4, -0.2) is 15.0 Å². The van der Waals surface area contributed by atoms with E-state index in [-0.39, 0.29) is 0 Å². The quantitative estimate of drug-likeness (QED) is 0.182. The normalized spacial score (nSPS) is 11.8. The number of rotatable bonds is 5. The van der Waals surface area contributed by atoms with E-state index in [1.807, 2.05) is 24.3 Å². The number of furan rings is 1. The molecule has 0 fully saturated rings. The van der Waals surface area contributed by atoms with E-state index in [1.165, 1.54) is 27.6 Å². The minimum atomic E-state index is 0.626. The first-order valence-corrected chi connectivity index (χ1v) is 17.9. The van der Waals surface area contributed by atoms with Gasteiger partial charge in [-0.3, -0.25) is 0 Å². The molecule has 0 spiro atoms. The molecule has 53 heavy (non-hydrogen) atoms. The average Bonchev–Trinajstić information content (AvgIpc) is 3.78. The van der Waals surface area contributed by atoms with E-state index in [0.717, 1.165) is 66.3 Å². The molecule has 10 aromatic rings. The first kappa shape index (κ1) is 29.5. The van der Waals surface area contributed by atoms with Gasteiger partial charge in [0.1, 0.15) is 11.2 Å². The molecule has 0 saturated carbocycles. The zero-order valence-corrected chi connectivity index (χ0v) is 28.5. The number of hydrogen-bond acceptors (Lipinski definition) is 4. The van der Waals surface area contributed by atoms with Crippen molar-refractivity contribution in [2.75, 3.05) is 0 Å². The largest absolute Gasteiger partial charge is 0.456 e. The molecule has 2 aromatic heterocycles. The van der Waals surface area contributed by atoms with Gasteiger partial charge >= 0.3 is 0 Å². The van der Waals surface area contributed by atoms with Gasteiger partial charge in [-0.05, 0) is 92.2 Å². The van der Waals surface area contributed by atoms with E-state index in [1.54, 1.807) is 0 Å². The molecule has 0 N–H and O–H groups in total. The summed E-state index contributed by atoms with van der Waals surface area (Å²) < 4.78 is 6.37. The summed E-state index contributed by atoms with van der Waals surface area (Å²) >= 11 is 0. The lowest BCUT2D eigenvalue weighted by Gasteiger charge is -2.12. The molecular formula is C49H29N3O. The fourth-order valence-electron chi connectivity index (χ4n) is 8.00. The van der Waals surface area contributed by atoms with E-state index >= 15 is 0 Å². The molecule has 2 heterocycles. The highest BCUT2D eigenvalue weighted by Gasteiger charge is 2.27. The van der Waals surface area contributed by atoms with Gasteiger partial charge in [0, 0.05) is 33.0 Å². The zero-order valence-electron chi connectivity index (χ0n) is 28.5. The average molecular weight is 676 g/mol. The van der Waals surface area contributed by atoms with E-state index in [4.69, 9.17) is 19.4 Å². The van der Waals surface area contributed by atoms with Crippen LogP contribution in [0.3, 0.4) is 0 Å². The Morgan fingerprint density at radius 3 is 1.57 bits per heavy atom. The second-order valence-electron chi connectivity index (χ2n) is 13.6. The van der Waals surface area contributed by atoms with Gasteiger partial charge in [-0.2, -0.15) is 0 Å². The number of nitrogens with zero attached hydrogens (tertiary/aromatic N) is 3. The monoisotopic (exact) mass is 675 g/mol. The second kappa shape index (κ2) is 11.7. The van der Waals surface area contributed by atoms with Crippen molar-refractivity contribution < 1.29 is 4.42 Å². The lowest BCUT2D eigenvalue weighted by atomic mass is 9.96. The smallest absolute Gasteiger partial charge is 0.164 e. The molecule has 0 saturated heterocycles. The van der Waals surface area contributed by atoms with Crippen LogP contribution in [0.2, 0.25) is 0 Å². The van der Waals surface area contributed by atoms with Crippen molar-refractivity contribution in [1.29, 1.82) is 0 Å².